The SMILES string of the molecule is CN(C)CCn1ncc2cc([N+](=O)[O-])c(Br)cc21. The summed E-state index contributed by atoms with van der Waals surface area (Å²) < 4.78 is 2.33. The second-order valence-electron chi connectivity index (χ2n) is 4.29. The fourth-order valence-corrected chi connectivity index (χ4v) is 2.18. The summed E-state index contributed by atoms with van der Waals surface area (Å²) in [7, 11) is 3.99. The predicted molar refractivity (Wildman–Crippen MR) is 72.6 cm³/mol. The number of hydrogen-bond donors (Lipinski definition) is 0. The molecule has 0 spiro atoms. The van der Waals surface area contributed by atoms with Crippen LogP contribution in [-0.4, -0.2) is 40.2 Å². The van der Waals surface area contributed by atoms with Crippen LogP contribution < -0.4 is 0 Å². The van der Waals surface area contributed by atoms with E-state index in [0.29, 0.717) is 4.47 Å². The highest BCUT2D eigenvalue weighted by atomic mass is 79.9. The normalized spacial score (nSPS) is 11.3. The molecule has 1 heterocycles. The van der Waals surface area contributed by atoms with E-state index >= 15 is 0 Å². The lowest BCUT2D eigenvalue weighted by atomic mass is 10.2. The summed E-state index contributed by atoms with van der Waals surface area (Å²) in [5, 5.41) is 15.9. The number of hydrogen-bond acceptors (Lipinski definition) is 4. The fraction of sp³-hybridized carbons (Fsp3) is 0.364. The molecular formula is C11H13BrN4O2. The Morgan fingerprint density at radius 1 is 1.50 bits per heavy atom. The minimum atomic E-state index is -0.402. The standard InChI is InChI=1S/C11H13BrN4O2/c1-14(2)3-4-15-10-6-9(12)11(16(17)18)5-8(10)7-13-15/h5-7H,3-4H2,1-2H3. The van der Waals surface area contributed by atoms with E-state index in [1.165, 1.54) is 0 Å². The molecule has 6 nitrogen and oxygen atoms in total. The van der Waals surface area contributed by atoms with E-state index in [1.807, 2.05) is 18.8 Å². The number of nitro groups is 1. The Balaban J connectivity index is 2.41. The van der Waals surface area contributed by atoms with Crippen LogP contribution in [-0.2, 0) is 6.54 Å². The summed E-state index contributed by atoms with van der Waals surface area (Å²) in [4.78, 5) is 12.5. The average molecular weight is 313 g/mol. The van der Waals surface area contributed by atoms with Crippen LogP contribution in [0.1, 0.15) is 0 Å². The monoisotopic (exact) mass is 312 g/mol. The molecule has 0 aliphatic rings. The Labute approximate surface area is 112 Å². The summed E-state index contributed by atoms with van der Waals surface area (Å²) in [5.74, 6) is 0. The number of halogens is 1. The Bertz CT molecular complexity index is 594. The highest BCUT2D eigenvalue weighted by molar-refractivity contribution is 9.10. The minimum absolute atomic E-state index is 0.0645. The minimum Gasteiger partial charge on any atom is -0.308 e. The smallest absolute Gasteiger partial charge is 0.284 e. The van der Waals surface area contributed by atoms with Gasteiger partial charge in [-0.25, -0.2) is 0 Å². The van der Waals surface area contributed by atoms with E-state index in [1.54, 1.807) is 18.3 Å². The lowest BCUT2D eigenvalue weighted by Crippen LogP contribution is -2.18. The van der Waals surface area contributed by atoms with Crippen LogP contribution >= 0.6 is 15.9 Å². The summed E-state index contributed by atoms with van der Waals surface area (Å²) >= 11 is 3.22. The van der Waals surface area contributed by atoms with Crippen LogP contribution in [0.3, 0.4) is 0 Å². The van der Waals surface area contributed by atoms with Gasteiger partial charge in [0.25, 0.3) is 5.69 Å². The zero-order valence-corrected chi connectivity index (χ0v) is 11.7. The predicted octanol–water partition coefficient (Wildman–Crippen LogP) is 2.27. The number of nitro benzene ring substituents is 1. The maximum atomic E-state index is 10.8. The molecule has 18 heavy (non-hydrogen) atoms. The van der Waals surface area contributed by atoms with Crippen LogP contribution in [0.15, 0.2) is 22.8 Å². The van der Waals surface area contributed by atoms with Gasteiger partial charge in [-0.2, -0.15) is 5.10 Å². The molecule has 0 bridgehead atoms. The molecule has 0 radical (unpaired) electrons. The molecular weight excluding hydrogens is 300 g/mol. The van der Waals surface area contributed by atoms with E-state index in [9.17, 15) is 10.1 Å². The van der Waals surface area contributed by atoms with Gasteiger partial charge in [-0.05, 0) is 36.1 Å². The van der Waals surface area contributed by atoms with Crippen LogP contribution in [0, 0.1) is 10.1 Å². The summed E-state index contributed by atoms with van der Waals surface area (Å²) in [6.45, 7) is 1.62. The van der Waals surface area contributed by atoms with Gasteiger partial charge >= 0.3 is 0 Å². The molecule has 1 aromatic heterocycles. The first-order valence-electron chi connectivity index (χ1n) is 5.43. The molecule has 0 aliphatic heterocycles. The molecule has 0 aliphatic carbocycles. The zero-order valence-electron chi connectivity index (χ0n) is 10.1. The van der Waals surface area contributed by atoms with E-state index < -0.39 is 4.92 Å². The quantitative estimate of drug-likeness (QED) is 0.641. The van der Waals surface area contributed by atoms with Crippen molar-refractivity contribution >= 4 is 32.5 Å². The van der Waals surface area contributed by atoms with E-state index in [4.69, 9.17) is 0 Å². The first-order chi connectivity index (χ1) is 8.49. The van der Waals surface area contributed by atoms with Crippen LogP contribution in [0.25, 0.3) is 10.9 Å². The molecule has 7 heteroatoms. The zero-order chi connectivity index (χ0) is 13.3. The molecule has 2 rings (SSSR count). The van der Waals surface area contributed by atoms with Crippen LogP contribution in [0.5, 0.6) is 0 Å². The van der Waals surface area contributed by atoms with Crippen molar-refractivity contribution in [1.29, 1.82) is 0 Å². The first kappa shape index (κ1) is 13.0. The van der Waals surface area contributed by atoms with E-state index in [-0.39, 0.29) is 5.69 Å². The van der Waals surface area contributed by atoms with Crippen molar-refractivity contribution in [2.75, 3.05) is 20.6 Å². The molecule has 0 unspecified atom stereocenters. The van der Waals surface area contributed by atoms with Gasteiger partial charge in [-0.1, -0.05) is 0 Å². The third kappa shape index (κ3) is 2.51. The summed E-state index contributed by atoms with van der Waals surface area (Å²) in [5.41, 5.74) is 0.962. The molecule has 0 saturated heterocycles. The molecule has 96 valence electrons. The molecule has 0 N–H and O–H groups in total. The van der Waals surface area contributed by atoms with Gasteiger partial charge in [0.15, 0.2) is 0 Å². The number of rotatable bonds is 4. The molecule has 0 fully saturated rings. The lowest BCUT2D eigenvalue weighted by molar-refractivity contribution is -0.385. The summed E-state index contributed by atoms with van der Waals surface area (Å²) in [6.07, 6.45) is 1.66. The number of aromatic nitrogens is 2. The number of nitrogens with zero attached hydrogens (tertiary/aromatic N) is 4. The highest BCUT2D eigenvalue weighted by Gasteiger charge is 2.15. The van der Waals surface area contributed by atoms with Gasteiger partial charge in [0.2, 0.25) is 0 Å². The Morgan fingerprint density at radius 2 is 2.22 bits per heavy atom. The van der Waals surface area contributed by atoms with Crippen molar-refractivity contribution in [3.63, 3.8) is 0 Å². The topological polar surface area (TPSA) is 64.2 Å². The largest absolute Gasteiger partial charge is 0.308 e. The average Bonchev–Trinajstić information content (AvgIpc) is 2.67. The molecule has 2 aromatic rings. The van der Waals surface area contributed by atoms with Crippen LogP contribution in [0.2, 0.25) is 0 Å². The van der Waals surface area contributed by atoms with Gasteiger partial charge in [-0.15, -0.1) is 0 Å². The third-order valence-electron chi connectivity index (χ3n) is 2.67. The van der Waals surface area contributed by atoms with Crippen molar-refractivity contribution in [3.8, 4) is 0 Å². The highest BCUT2D eigenvalue weighted by Crippen LogP contribution is 2.29. The van der Waals surface area contributed by atoms with Gasteiger partial charge < -0.3 is 4.90 Å². The van der Waals surface area contributed by atoms with E-state index in [0.717, 1.165) is 24.0 Å². The Kier molecular flexibility index (Phi) is 3.63. The number of benzene rings is 1. The molecule has 0 amide bonds. The number of fused-ring (bicyclic) bond motifs is 1. The summed E-state index contributed by atoms with van der Waals surface area (Å²) in [6, 6.07) is 3.29. The molecule has 1 aromatic carbocycles. The second-order valence-corrected chi connectivity index (χ2v) is 5.14. The Morgan fingerprint density at radius 3 is 2.83 bits per heavy atom. The van der Waals surface area contributed by atoms with Crippen molar-refractivity contribution in [3.05, 3.63) is 32.9 Å². The number of likely N-dealkylation sites (N-methyl/N-ethyl adjacent to an activating group) is 1. The maximum absolute atomic E-state index is 10.8. The van der Waals surface area contributed by atoms with Gasteiger partial charge in [0.05, 0.1) is 27.7 Å². The fourth-order valence-electron chi connectivity index (χ4n) is 1.70. The van der Waals surface area contributed by atoms with Crippen LogP contribution in [0.4, 0.5) is 5.69 Å². The van der Waals surface area contributed by atoms with Gasteiger partial charge in [0.1, 0.15) is 0 Å². The lowest BCUT2D eigenvalue weighted by Gasteiger charge is -2.10. The van der Waals surface area contributed by atoms with Crippen molar-refractivity contribution < 1.29 is 4.92 Å². The first-order valence-corrected chi connectivity index (χ1v) is 6.22. The van der Waals surface area contributed by atoms with Gasteiger partial charge in [0, 0.05) is 18.0 Å². The van der Waals surface area contributed by atoms with Crippen molar-refractivity contribution in [1.82, 2.24) is 14.7 Å². The second kappa shape index (κ2) is 5.03. The maximum Gasteiger partial charge on any atom is 0.284 e. The van der Waals surface area contributed by atoms with Crippen molar-refractivity contribution in [2.24, 2.45) is 0 Å². The molecule has 0 atom stereocenters. The Hall–Kier alpha value is -1.47. The third-order valence-corrected chi connectivity index (χ3v) is 3.30. The molecule has 0 saturated carbocycles. The van der Waals surface area contributed by atoms with Gasteiger partial charge in [-0.3, -0.25) is 14.8 Å². The van der Waals surface area contributed by atoms with E-state index in [2.05, 4.69) is 25.9 Å². The van der Waals surface area contributed by atoms with Crippen molar-refractivity contribution in [2.45, 2.75) is 6.54 Å².